The van der Waals surface area contributed by atoms with Gasteiger partial charge in [0.15, 0.2) is 5.78 Å². The number of carbonyl (C=O) groups is 1. The maximum absolute atomic E-state index is 11.5. The number of aromatic nitrogens is 1. The van der Waals surface area contributed by atoms with Crippen molar-refractivity contribution in [3.63, 3.8) is 0 Å². The molecule has 1 heterocycles. The summed E-state index contributed by atoms with van der Waals surface area (Å²) in [6.45, 7) is 17.4. The van der Waals surface area contributed by atoms with Crippen LogP contribution in [0.4, 0.5) is 0 Å². The second-order valence-electron chi connectivity index (χ2n) is 10.5. The smallest absolute Gasteiger partial charge is 0.164 e. The number of hydrogen-bond acceptors (Lipinski definition) is 3. The largest absolute Gasteiger partial charge is 0.512 e. The molecule has 0 unspecified atom stereocenters. The van der Waals surface area contributed by atoms with Gasteiger partial charge in [0, 0.05) is 37.0 Å². The van der Waals surface area contributed by atoms with E-state index in [4.69, 9.17) is 4.98 Å². The van der Waals surface area contributed by atoms with Gasteiger partial charge in [0.25, 0.3) is 0 Å². The first-order valence-corrected chi connectivity index (χ1v) is 11.0. The van der Waals surface area contributed by atoms with E-state index in [0.29, 0.717) is 0 Å². The van der Waals surface area contributed by atoms with Gasteiger partial charge in [-0.1, -0.05) is 79.7 Å². The molecule has 1 N–H and O–H groups in total. The van der Waals surface area contributed by atoms with E-state index < -0.39 is 5.41 Å². The third-order valence-electron chi connectivity index (χ3n) is 5.05. The van der Waals surface area contributed by atoms with Gasteiger partial charge in [-0.25, -0.2) is 0 Å². The van der Waals surface area contributed by atoms with Crippen LogP contribution in [-0.2, 0) is 24.9 Å². The fourth-order valence-corrected chi connectivity index (χ4v) is 2.97. The zero-order valence-corrected chi connectivity index (χ0v) is 23.6. The van der Waals surface area contributed by atoms with Crippen molar-refractivity contribution in [3.8, 4) is 11.3 Å². The third kappa shape index (κ3) is 8.53. The number of pyridine rings is 1. The predicted molar refractivity (Wildman–Crippen MR) is 135 cm³/mol. The Morgan fingerprint density at radius 3 is 2.03 bits per heavy atom. The molecule has 0 aliphatic rings. The Balaban J connectivity index is 0.000000346. The Bertz CT molecular complexity index is 1130. The summed E-state index contributed by atoms with van der Waals surface area (Å²) < 4.78 is 0. The van der Waals surface area contributed by atoms with Gasteiger partial charge in [0.1, 0.15) is 5.76 Å². The van der Waals surface area contributed by atoms with Gasteiger partial charge in [-0.15, -0.1) is 34.9 Å². The molecule has 0 spiro atoms. The average molecular weight is 623 g/mol. The first-order chi connectivity index (χ1) is 14.7. The van der Waals surface area contributed by atoms with Crippen LogP contribution in [0, 0.1) is 37.7 Å². The first kappa shape index (κ1) is 28.7. The molecule has 3 rings (SSSR count). The number of aryl methyl sites for hydroxylation is 3. The van der Waals surface area contributed by atoms with E-state index in [2.05, 4.69) is 69.3 Å². The second-order valence-corrected chi connectivity index (χ2v) is 10.5. The minimum atomic E-state index is -0.417. The minimum Gasteiger partial charge on any atom is -0.512 e. The third-order valence-corrected chi connectivity index (χ3v) is 5.05. The number of fused-ring (bicyclic) bond motifs is 1. The molecule has 33 heavy (non-hydrogen) atoms. The van der Waals surface area contributed by atoms with Gasteiger partial charge in [0.05, 0.1) is 5.52 Å². The summed E-state index contributed by atoms with van der Waals surface area (Å²) in [5, 5.41) is 10.7. The van der Waals surface area contributed by atoms with Crippen molar-refractivity contribution in [3.05, 3.63) is 77.1 Å². The topological polar surface area (TPSA) is 50.2 Å². The summed E-state index contributed by atoms with van der Waals surface area (Å²) in [5.74, 6) is 0.104. The van der Waals surface area contributed by atoms with Crippen LogP contribution in [0.15, 0.2) is 54.3 Å². The summed E-state index contributed by atoms with van der Waals surface area (Å²) in [7, 11) is 0. The molecule has 3 aromatic rings. The fourth-order valence-electron chi connectivity index (χ4n) is 2.97. The zero-order valence-electron chi connectivity index (χ0n) is 21.3. The standard InChI is InChI=1S/C18H16N.C11H20O2.Ir/c1-12-4-5-15-6-7-17(19-18(15)11-12)16-9-13(2)8-14(3)10-16;1-10(2,3)8(12)7-9(13)11(4,5)6;/h4-9,11H,1-3H3;7,12H,1-6H3;/q-1;;/b;8-7-;. The van der Waals surface area contributed by atoms with Crippen molar-refractivity contribution in [2.24, 2.45) is 10.8 Å². The number of aliphatic hydroxyl groups is 1. The van der Waals surface area contributed by atoms with Crippen LogP contribution >= 0.6 is 0 Å². The van der Waals surface area contributed by atoms with Crippen LogP contribution in [0.1, 0.15) is 58.2 Å². The van der Waals surface area contributed by atoms with Gasteiger partial charge in [-0.3, -0.25) is 9.78 Å². The maximum atomic E-state index is 11.5. The van der Waals surface area contributed by atoms with Crippen LogP contribution in [-0.4, -0.2) is 15.9 Å². The predicted octanol–water partition coefficient (Wildman–Crippen LogP) is 7.71. The molecule has 3 nitrogen and oxygen atoms in total. The Kier molecular flexibility index (Phi) is 9.78. The monoisotopic (exact) mass is 623 g/mol. The van der Waals surface area contributed by atoms with Crippen molar-refractivity contribution in [2.75, 3.05) is 0 Å². The van der Waals surface area contributed by atoms with Gasteiger partial charge in [0.2, 0.25) is 0 Å². The van der Waals surface area contributed by atoms with Crippen LogP contribution in [0.5, 0.6) is 0 Å². The van der Waals surface area contributed by atoms with E-state index in [1.165, 1.54) is 22.6 Å². The minimum absolute atomic E-state index is 0. The molecule has 0 saturated heterocycles. The number of rotatable bonds is 2. The Hall–Kier alpha value is -2.29. The van der Waals surface area contributed by atoms with Crippen LogP contribution in [0.25, 0.3) is 22.2 Å². The van der Waals surface area contributed by atoms with Crippen molar-refractivity contribution >= 4 is 16.7 Å². The number of aliphatic hydroxyl groups excluding tert-OH is 1. The van der Waals surface area contributed by atoms with Gasteiger partial charge < -0.3 is 5.11 Å². The van der Waals surface area contributed by atoms with Crippen LogP contribution in [0.2, 0.25) is 0 Å². The summed E-state index contributed by atoms with van der Waals surface area (Å²) in [6.07, 6.45) is 1.33. The van der Waals surface area contributed by atoms with E-state index in [1.807, 2.05) is 41.5 Å². The first-order valence-electron chi connectivity index (χ1n) is 11.0. The molecule has 0 atom stereocenters. The molecule has 2 aromatic carbocycles. The number of carbonyl (C=O) groups excluding carboxylic acids is 1. The average Bonchev–Trinajstić information content (AvgIpc) is 2.65. The Morgan fingerprint density at radius 2 is 1.48 bits per heavy atom. The van der Waals surface area contributed by atoms with Gasteiger partial charge in [-0.05, 0) is 29.6 Å². The van der Waals surface area contributed by atoms with E-state index >= 15 is 0 Å². The summed E-state index contributed by atoms with van der Waals surface area (Å²) >= 11 is 0. The molecule has 0 fully saturated rings. The summed E-state index contributed by atoms with van der Waals surface area (Å²) in [5.41, 5.74) is 5.98. The molecular weight excluding hydrogens is 587 g/mol. The molecule has 0 aliphatic heterocycles. The normalized spacial score (nSPS) is 12.0. The number of benzene rings is 2. The van der Waals surface area contributed by atoms with E-state index in [0.717, 1.165) is 22.3 Å². The second kappa shape index (κ2) is 11.2. The molecular formula is C29H36IrNO2-. The number of allylic oxidation sites excluding steroid dienone is 2. The molecule has 1 aromatic heterocycles. The summed E-state index contributed by atoms with van der Waals surface area (Å²) in [6, 6.07) is 18.2. The van der Waals surface area contributed by atoms with Crippen molar-refractivity contribution in [1.82, 2.24) is 4.98 Å². The molecule has 179 valence electrons. The maximum Gasteiger partial charge on any atom is 0.164 e. The molecule has 0 bridgehead atoms. The zero-order chi connectivity index (χ0) is 24.3. The molecule has 0 amide bonds. The Morgan fingerprint density at radius 1 is 0.879 bits per heavy atom. The van der Waals surface area contributed by atoms with Crippen LogP contribution < -0.4 is 0 Å². The van der Waals surface area contributed by atoms with Crippen LogP contribution in [0.3, 0.4) is 0 Å². The van der Waals surface area contributed by atoms with E-state index in [9.17, 15) is 9.90 Å². The fraction of sp³-hybridized carbons (Fsp3) is 0.379. The van der Waals surface area contributed by atoms with Crippen molar-refractivity contribution in [1.29, 1.82) is 0 Å². The van der Waals surface area contributed by atoms with Crippen molar-refractivity contribution < 1.29 is 30.0 Å². The SMILES string of the molecule is CC(C)(C)C(=O)/C=C(\O)C(C)(C)C.Cc1[c-]c(-c2ccc3ccc(C)cc3n2)cc(C)c1.[Ir]. The quantitative estimate of drug-likeness (QED) is 0.181. The number of hydrogen-bond donors (Lipinski definition) is 1. The Labute approximate surface area is 212 Å². The summed E-state index contributed by atoms with van der Waals surface area (Å²) in [4.78, 5) is 16.2. The number of ketones is 1. The molecule has 0 saturated carbocycles. The van der Waals surface area contributed by atoms with Gasteiger partial charge in [-0.2, -0.15) is 0 Å². The van der Waals surface area contributed by atoms with E-state index in [1.54, 1.807) is 0 Å². The van der Waals surface area contributed by atoms with E-state index in [-0.39, 0.29) is 37.1 Å². The molecule has 0 aliphatic carbocycles. The van der Waals surface area contributed by atoms with Crippen molar-refractivity contribution in [2.45, 2.75) is 62.3 Å². The molecule has 1 radical (unpaired) electrons. The number of nitrogens with zero attached hydrogens (tertiary/aromatic N) is 1. The van der Waals surface area contributed by atoms with Gasteiger partial charge >= 0.3 is 0 Å². The molecule has 4 heteroatoms.